The van der Waals surface area contributed by atoms with Gasteiger partial charge in [-0.25, -0.2) is 0 Å². The third-order valence-corrected chi connectivity index (χ3v) is 2.37. The van der Waals surface area contributed by atoms with Gasteiger partial charge in [-0.1, -0.05) is 20.8 Å². The Hall–Kier alpha value is -0.830. The third kappa shape index (κ3) is 3.14. The van der Waals surface area contributed by atoms with Crippen LogP contribution in [0, 0.1) is 5.92 Å². The summed E-state index contributed by atoms with van der Waals surface area (Å²) in [6, 6.07) is 0. The lowest BCUT2D eigenvalue weighted by Gasteiger charge is -2.10. The molecule has 1 aromatic rings. The SMILES string of the molecule is CNCC(C)Cn1cc(C(C)C)cn1. The number of nitrogens with zero attached hydrogens (tertiary/aromatic N) is 2. The van der Waals surface area contributed by atoms with E-state index in [1.54, 1.807) is 0 Å². The molecule has 0 aliphatic carbocycles. The molecule has 3 heteroatoms. The molecule has 80 valence electrons. The van der Waals surface area contributed by atoms with E-state index >= 15 is 0 Å². The molecule has 1 unspecified atom stereocenters. The van der Waals surface area contributed by atoms with Crippen LogP contribution in [-0.2, 0) is 6.54 Å². The maximum absolute atomic E-state index is 4.35. The van der Waals surface area contributed by atoms with Crippen molar-refractivity contribution in [2.24, 2.45) is 5.92 Å². The van der Waals surface area contributed by atoms with Gasteiger partial charge in [-0.05, 0) is 31.0 Å². The molecule has 14 heavy (non-hydrogen) atoms. The number of rotatable bonds is 5. The minimum Gasteiger partial charge on any atom is -0.319 e. The van der Waals surface area contributed by atoms with E-state index < -0.39 is 0 Å². The lowest BCUT2D eigenvalue weighted by atomic mass is 10.1. The quantitative estimate of drug-likeness (QED) is 0.777. The number of hydrogen-bond donors (Lipinski definition) is 1. The summed E-state index contributed by atoms with van der Waals surface area (Å²) in [5, 5.41) is 7.52. The molecule has 0 amide bonds. The summed E-state index contributed by atoms with van der Waals surface area (Å²) in [4.78, 5) is 0. The molecule has 0 radical (unpaired) electrons. The van der Waals surface area contributed by atoms with Crippen LogP contribution in [0.2, 0.25) is 0 Å². The maximum atomic E-state index is 4.35. The van der Waals surface area contributed by atoms with Crippen molar-refractivity contribution >= 4 is 0 Å². The Balaban J connectivity index is 2.51. The molecule has 1 aromatic heterocycles. The van der Waals surface area contributed by atoms with E-state index in [2.05, 4.69) is 37.4 Å². The minimum absolute atomic E-state index is 0.573. The summed E-state index contributed by atoms with van der Waals surface area (Å²) in [5.41, 5.74) is 1.32. The van der Waals surface area contributed by atoms with Gasteiger partial charge in [0.05, 0.1) is 6.20 Å². The maximum Gasteiger partial charge on any atom is 0.0524 e. The van der Waals surface area contributed by atoms with Gasteiger partial charge < -0.3 is 5.32 Å². The first-order valence-corrected chi connectivity index (χ1v) is 5.30. The van der Waals surface area contributed by atoms with Crippen molar-refractivity contribution < 1.29 is 0 Å². The van der Waals surface area contributed by atoms with Gasteiger partial charge in [0.2, 0.25) is 0 Å². The predicted molar refractivity (Wildman–Crippen MR) is 59.4 cm³/mol. The highest BCUT2D eigenvalue weighted by atomic mass is 15.3. The molecule has 0 aliphatic rings. The van der Waals surface area contributed by atoms with Crippen molar-refractivity contribution in [1.82, 2.24) is 15.1 Å². The summed E-state index contributed by atoms with van der Waals surface area (Å²) in [6.07, 6.45) is 4.12. The highest BCUT2D eigenvalue weighted by Crippen LogP contribution is 2.12. The van der Waals surface area contributed by atoms with Gasteiger partial charge in [-0.3, -0.25) is 4.68 Å². The van der Waals surface area contributed by atoms with Gasteiger partial charge in [-0.15, -0.1) is 0 Å². The van der Waals surface area contributed by atoms with Crippen LogP contribution in [0.1, 0.15) is 32.3 Å². The lowest BCUT2D eigenvalue weighted by molar-refractivity contribution is 0.435. The fourth-order valence-electron chi connectivity index (χ4n) is 1.51. The molecule has 1 heterocycles. The van der Waals surface area contributed by atoms with Crippen LogP contribution < -0.4 is 5.32 Å². The zero-order chi connectivity index (χ0) is 10.6. The van der Waals surface area contributed by atoms with Crippen LogP contribution in [0.25, 0.3) is 0 Å². The molecule has 0 saturated carbocycles. The smallest absolute Gasteiger partial charge is 0.0524 e. The van der Waals surface area contributed by atoms with Crippen LogP contribution in [0.5, 0.6) is 0 Å². The van der Waals surface area contributed by atoms with Crippen LogP contribution in [0.3, 0.4) is 0 Å². The minimum atomic E-state index is 0.573. The van der Waals surface area contributed by atoms with Crippen molar-refractivity contribution in [3.05, 3.63) is 18.0 Å². The fraction of sp³-hybridized carbons (Fsp3) is 0.727. The molecule has 1 rings (SSSR count). The lowest BCUT2D eigenvalue weighted by Crippen LogP contribution is -2.20. The second-order valence-corrected chi connectivity index (χ2v) is 4.31. The highest BCUT2D eigenvalue weighted by Gasteiger charge is 2.05. The van der Waals surface area contributed by atoms with Gasteiger partial charge >= 0.3 is 0 Å². The first-order valence-electron chi connectivity index (χ1n) is 5.30. The average Bonchev–Trinajstić information content (AvgIpc) is 2.53. The largest absolute Gasteiger partial charge is 0.319 e. The van der Waals surface area contributed by atoms with E-state index in [9.17, 15) is 0 Å². The van der Waals surface area contributed by atoms with Crippen molar-refractivity contribution in [2.75, 3.05) is 13.6 Å². The van der Waals surface area contributed by atoms with Crippen LogP contribution in [0.4, 0.5) is 0 Å². The molecular weight excluding hydrogens is 174 g/mol. The molecule has 0 saturated heterocycles. The van der Waals surface area contributed by atoms with E-state index in [1.807, 2.05) is 17.9 Å². The van der Waals surface area contributed by atoms with Gasteiger partial charge in [0.1, 0.15) is 0 Å². The molecule has 0 aliphatic heterocycles. The first-order chi connectivity index (χ1) is 6.63. The molecule has 0 aromatic carbocycles. The predicted octanol–water partition coefficient (Wildman–Crippen LogP) is 1.86. The normalized spacial score (nSPS) is 13.5. The zero-order valence-electron chi connectivity index (χ0n) is 9.62. The summed E-state index contributed by atoms with van der Waals surface area (Å²) in [6.45, 7) is 8.65. The molecule has 1 atom stereocenters. The van der Waals surface area contributed by atoms with E-state index in [0.29, 0.717) is 11.8 Å². The van der Waals surface area contributed by atoms with Crippen LogP contribution in [0.15, 0.2) is 12.4 Å². The Morgan fingerprint density at radius 3 is 2.64 bits per heavy atom. The standard InChI is InChI=1S/C11H21N3/c1-9(2)11-6-13-14(8-11)7-10(3)5-12-4/h6,8-10,12H,5,7H2,1-4H3. The molecule has 0 spiro atoms. The second kappa shape index (κ2) is 5.15. The van der Waals surface area contributed by atoms with Gasteiger partial charge in [0, 0.05) is 12.7 Å². The zero-order valence-corrected chi connectivity index (χ0v) is 9.62. The summed E-state index contributed by atoms with van der Waals surface area (Å²) in [7, 11) is 1.99. The highest BCUT2D eigenvalue weighted by molar-refractivity contribution is 5.08. The summed E-state index contributed by atoms with van der Waals surface area (Å²) in [5.74, 6) is 1.20. The van der Waals surface area contributed by atoms with Crippen molar-refractivity contribution in [3.63, 3.8) is 0 Å². The van der Waals surface area contributed by atoms with Crippen molar-refractivity contribution in [3.8, 4) is 0 Å². The Labute approximate surface area is 86.5 Å². The molecule has 1 N–H and O–H groups in total. The van der Waals surface area contributed by atoms with E-state index in [1.165, 1.54) is 5.56 Å². The number of nitrogens with one attached hydrogen (secondary N) is 1. The molecular formula is C11H21N3. The summed E-state index contributed by atoms with van der Waals surface area (Å²) >= 11 is 0. The Morgan fingerprint density at radius 1 is 1.43 bits per heavy atom. The van der Waals surface area contributed by atoms with Gasteiger partial charge in [0.15, 0.2) is 0 Å². The van der Waals surface area contributed by atoms with Crippen LogP contribution in [-0.4, -0.2) is 23.4 Å². The van der Waals surface area contributed by atoms with Gasteiger partial charge in [0.25, 0.3) is 0 Å². The Morgan fingerprint density at radius 2 is 2.14 bits per heavy atom. The monoisotopic (exact) mass is 195 g/mol. The van der Waals surface area contributed by atoms with E-state index in [4.69, 9.17) is 0 Å². The second-order valence-electron chi connectivity index (χ2n) is 4.31. The Kier molecular flexibility index (Phi) is 4.14. The fourth-order valence-corrected chi connectivity index (χ4v) is 1.51. The number of hydrogen-bond acceptors (Lipinski definition) is 2. The molecule has 0 bridgehead atoms. The Bertz CT molecular complexity index is 265. The first kappa shape index (κ1) is 11.2. The average molecular weight is 195 g/mol. The van der Waals surface area contributed by atoms with Crippen LogP contribution >= 0.6 is 0 Å². The number of aromatic nitrogens is 2. The topological polar surface area (TPSA) is 29.9 Å². The van der Waals surface area contributed by atoms with Crippen molar-refractivity contribution in [2.45, 2.75) is 33.2 Å². The third-order valence-electron chi connectivity index (χ3n) is 2.37. The molecule has 0 fully saturated rings. The molecule has 3 nitrogen and oxygen atoms in total. The summed E-state index contributed by atoms with van der Waals surface area (Å²) < 4.78 is 2.04. The van der Waals surface area contributed by atoms with E-state index in [-0.39, 0.29) is 0 Å². The van der Waals surface area contributed by atoms with Crippen molar-refractivity contribution in [1.29, 1.82) is 0 Å². The van der Waals surface area contributed by atoms with Gasteiger partial charge in [-0.2, -0.15) is 5.10 Å². The van der Waals surface area contributed by atoms with E-state index in [0.717, 1.165) is 13.1 Å².